The second-order valence-electron chi connectivity index (χ2n) is 2.14. The molecule has 8 heavy (non-hydrogen) atoms. The molecule has 0 saturated carbocycles. The quantitative estimate of drug-likeness (QED) is 0.562. The van der Waals surface area contributed by atoms with Crippen LogP contribution in [0.5, 0.6) is 0 Å². The molecule has 2 nitrogen and oxygen atoms in total. The maximum atomic E-state index is 8.97. The lowest BCUT2D eigenvalue weighted by Crippen LogP contribution is -2.19. The van der Waals surface area contributed by atoms with E-state index in [1.165, 1.54) is 0 Å². The summed E-state index contributed by atoms with van der Waals surface area (Å²) in [6.07, 6.45) is 0.391. The summed E-state index contributed by atoms with van der Waals surface area (Å²) in [4.78, 5) is 0. The van der Waals surface area contributed by atoms with E-state index in [0.29, 0.717) is 0 Å². The molecule has 0 heterocycles. The summed E-state index contributed by atoms with van der Waals surface area (Å²) in [7, 11) is 0. The van der Waals surface area contributed by atoms with Gasteiger partial charge in [-0.05, 0) is 6.42 Å². The Morgan fingerprint density at radius 3 is 2.12 bits per heavy atom. The predicted molar refractivity (Wildman–Crippen MR) is 32.5 cm³/mol. The zero-order valence-electron chi connectivity index (χ0n) is 5.46. The van der Waals surface area contributed by atoms with E-state index in [9.17, 15) is 0 Å². The van der Waals surface area contributed by atoms with Crippen LogP contribution in [-0.2, 0) is 0 Å². The summed E-state index contributed by atoms with van der Waals surface area (Å²) in [6.45, 7) is 3.81. The fourth-order valence-electron chi connectivity index (χ4n) is 0.524. The van der Waals surface area contributed by atoms with Crippen molar-refractivity contribution in [3.8, 4) is 0 Å². The Morgan fingerprint density at radius 1 is 1.50 bits per heavy atom. The molecule has 0 radical (unpaired) electrons. The maximum absolute atomic E-state index is 8.97. The van der Waals surface area contributed by atoms with E-state index in [4.69, 9.17) is 10.2 Å². The summed E-state index contributed by atoms with van der Waals surface area (Å²) in [5, 5.41) is 17.4. The van der Waals surface area contributed by atoms with Gasteiger partial charge in [0, 0.05) is 12.5 Å². The molecule has 0 amide bonds. The van der Waals surface area contributed by atoms with Crippen molar-refractivity contribution in [1.82, 2.24) is 0 Å². The highest BCUT2D eigenvalue weighted by Gasteiger charge is 2.08. The van der Waals surface area contributed by atoms with E-state index in [-0.39, 0.29) is 18.6 Å². The minimum absolute atomic E-state index is 0.0278. The zero-order valence-corrected chi connectivity index (χ0v) is 5.46. The number of aliphatic hydroxyl groups excluding tert-OH is 2. The van der Waals surface area contributed by atoms with Crippen molar-refractivity contribution in [3.63, 3.8) is 0 Å². The van der Waals surface area contributed by atoms with Crippen LogP contribution in [-0.4, -0.2) is 22.9 Å². The number of hydrogen-bond acceptors (Lipinski definition) is 2. The first-order chi connectivity index (χ1) is 3.72. The lowest BCUT2D eigenvalue weighted by molar-refractivity contribution is 0.0744. The largest absolute Gasteiger partial charge is 0.396 e. The molecule has 0 spiro atoms. The van der Waals surface area contributed by atoms with Gasteiger partial charge in [-0.1, -0.05) is 13.8 Å². The Labute approximate surface area is 50.2 Å². The van der Waals surface area contributed by atoms with Crippen molar-refractivity contribution in [3.05, 3.63) is 0 Å². The Balaban J connectivity index is 3.29. The van der Waals surface area contributed by atoms with Crippen LogP contribution in [0.1, 0.15) is 20.3 Å². The third-order valence-corrected chi connectivity index (χ3v) is 1.36. The molecule has 0 bridgehead atoms. The third kappa shape index (κ3) is 2.28. The molecule has 0 aliphatic carbocycles. The molecule has 2 heteroatoms. The van der Waals surface area contributed by atoms with Gasteiger partial charge in [-0.25, -0.2) is 0 Å². The SMILES string of the molecule is CC[C@@H](O)[C@H](C)CO. The monoisotopic (exact) mass is 118 g/mol. The Hall–Kier alpha value is -0.0800. The van der Waals surface area contributed by atoms with Crippen molar-refractivity contribution in [2.45, 2.75) is 26.4 Å². The lowest BCUT2D eigenvalue weighted by Gasteiger charge is -2.12. The van der Waals surface area contributed by atoms with Crippen molar-refractivity contribution < 1.29 is 10.2 Å². The van der Waals surface area contributed by atoms with E-state index < -0.39 is 0 Å². The average molecular weight is 118 g/mol. The number of rotatable bonds is 3. The fraction of sp³-hybridized carbons (Fsp3) is 1.00. The summed E-state index contributed by atoms with van der Waals surface area (Å²) < 4.78 is 0. The lowest BCUT2D eigenvalue weighted by atomic mass is 10.0. The fourth-order valence-corrected chi connectivity index (χ4v) is 0.524. The molecular formula is C6H14O2. The van der Waals surface area contributed by atoms with Gasteiger partial charge in [-0.3, -0.25) is 0 Å². The topological polar surface area (TPSA) is 40.5 Å². The van der Waals surface area contributed by atoms with Gasteiger partial charge in [0.1, 0.15) is 0 Å². The van der Waals surface area contributed by atoms with E-state index >= 15 is 0 Å². The molecule has 2 N–H and O–H groups in total. The van der Waals surface area contributed by atoms with Crippen molar-refractivity contribution in [1.29, 1.82) is 0 Å². The van der Waals surface area contributed by atoms with Gasteiger partial charge in [0.2, 0.25) is 0 Å². The molecule has 0 aromatic heterocycles. The zero-order chi connectivity index (χ0) is 6.57. The molecule has 2 atom stereocenters. The van der Waals surface area contributed by atoms with Crippen LogP contribution in [0.15, 0.2) is 0 Å². The highest BCUT2D eigenvalue weighted by molar-refractivity contribution is 4.59. The van der Waals surface area contributed by atoms with Gasteiger partial charge < -0.3 is 10.2 Å². The first-order valence-electron chi connectivity index (χ1n) is 3.01. The normalized spacial score (nSPS) is 18.0. The van der Waals surface area contributed by atoms with Crippen LogP contribution in [0.4, 0.5) is 0 Å². The minimum atomic E-state index is -0.333. The Kier molecular flexibility index (Phi) is 3.83. The number of hydrogen-bond donors (Lipinski definition) is 2. The van der Waals surface area contributed by atoms with Gasteiger partial charge in [0.15, 0.2) is 0 Å². The number of aliphatic hydroxyl groups is 2. The van der Waals surface area contributed by atoms with Crippen LogP contribution >= 0.6 is 0 Å². The molecule has 0 rings (SSSR count). The Bertz CT molecular complexity index is 46.5. The second kappa shape index (κ2) is 3.87. The van der Waals surface area contributed by atoms with Gasteiger partial charge >= 0.3 is 0 Å². The molecule has 0 aromatic rings. The highest BCUT2D eigenvalue weighted by Crippen LogP contribution is 2.03. The van der Waals surface area contributed by atoms with E-state index in [2.05, 4.69) is 0 Å². The summed E-state index contributed by atoms with van der Waals surface area (Å²) in [6, 6.07) is 0. The van der Waals surface area contributed by atoms with E-state index in [1.54, 1.807) is 0 Å². The maximum Gasteiger partial charge on any atom is 0.0585 e. The second-order valence-corrected chi connectivity index (χ2v) is 2.14. The molecule has 0 aliphatic rings. The summed E-state index contributed by atoms with van der Waals surface area (Å²) >= 11 is 0. The third-order valence-electron chi connectivity index (χ3n) is 1.36. The predicted octanol–water partition coefficient (Wildman–Crippen LogP) is 0.386. The first-order valence-corrected chi connectivity index (χ1v) is 3.01. The molecular weight excluding hydrogens is 104 g/mol. The van der Waals surface area contributed by atoms with Crippen LogP contribution in [0, 0.1) is 5.92 Å². The molecule has 0 saturated heterocycles. The van der Waals surface area contributed by atoms with Crippen molar-refractivity contribution >= 4 is 0 Å². The standard InChI is InChI=1S/C6H14O2/c1-3-6(8)5(2)4-7/h5-8H,3-4H2,1-2H3/t5-,6-/m1/s1. The summed E-state index contributed by atoms with van der Waals surface area (Å²) in [5.74, 6) is 0.0278. The van der Waals surface area contributed by atoms with Crippen LogP contribution in [0.2, 0.25) is 0 Å². The minimum Gasteiger partial charge on any atom is -0.396 e. The van der Waals surface area contributed by atoms with Crippen LogP contribution < -0.4 is 0 Å². The summed E-state index contributed by atoms with van der Waals surface area (Å²) in [5.41, 5.74) is 0. The molecule has 0 aliphatic heterocycles. The molecule has 0 aromatic carbocycles. The molecule has 0 unspecified atom stereocenters. The van der Waals surface area contributed by atoms with Crippen LogP contribution in [0.3, 0.4) is 0 Å². The highest BCUT2D eigenvalue weighted by atomic mass is 16.3. The molecule has 0 fully saturated rings. The van der Waals surface area contributed by atoms with Gasteiger partial charge in [0.05, 0.1) is 6.10 Å². The van der Waals surface area contributed by atoms with Gasteiger partial charge in [-0.15, -0.1) is 0 Å². The Morgan fingerprint density at radius 2 is 2.00 bits per heavy atom. The van der Waals surface area contributed by atoms with Gasteiger partial charge in [0.25, 0.3) is 0 Å². The van der Waals surface area contributed by atoms with Crippen molar-refractivity contribution in [2.24, 2.45) is 5.92 Å². The average Bonchev–Trinajstić information content (AvgIpc) is 1.84. The van der Waals surface area contributed by atoms with E-state index in [0.717, 1.165) is 6.42 Å². The first kappa shape index (κ1) is 7.92. The van der Waals surface area contributed by atoms with E-state index in [1.807, 2.05) is 13.8 Å². The smallest absolute Gasteiger partial charge is 0.0585 e. The van der Waals surface area contributed by atoms with Crippen molar-refractivity contribution in [2.75, 3.05) is 6.61 Å². The van der Waals surface area contributed by atoms with Crippen LogP contribution in [0.25, 0.3) is 0 Å². The molecule has 50 valence electrons. The van der Waals surface area contributed by atoms with Gasteiger partial charge in [-0.2, -0.15) is 0 Å².